The van der Waals surface area contributed by atoms with Gasteiger partial charge in [-0.05, 0) is 30.3 Å². The molecule has 0 saturated carbocycles. The van der Waals surface area contributed by atoms with Gasteiger partial charge in [-0.15, -0.1) is 0 Å². The van der Waals surface area contributed by atoms with E-state index in [4.69, 9.17) is 4.74 Å². The molecule has 3 nitrogen and oxygen atoms in total. The highest BCUT2D eigenvalue weighted by atomic mass is 19.1. The maximum atomic E-state index is 13.5. The molecule has 1 atom stereocenters. The molecule has 1 aliphatic rings. The molecule has 0 bridgehead atoms. The minimum Gasteiger partial charge on any atom is -0.508 e. The number of esters is 1. The molecule has 27 heavy (non-hydrogen) atoms. The summed E-state index contributed by atoms with van der Waals surface area (Å²) < 4.78 is 32.9. The van der Waals surface area contributed by atoms with E-state index in [0.29, 0.717) is 16.7 Å². The molecule has 1 fully saturated rings. The molecular weight excluding hydrogens is 350 g/mol. The smallest absolute Gasteiger partial charge is 0.307 e. The third-order valence-electron chi connectivity index (χ3n) is 4.99. The number of halogens is 2. The van der Waals surface area contributed by atoms with Crippen molar-refractivity contribution < 1.29 is 23.4 Å². The molecule has 0 spiro atoms. The maximum Gasteiger partial charge on any atom is 0.307 e. The van der Waals surface area contributed by atoms with E-state index >= 15 is 0 Å². The summed E-state index contributed by atoms with van der Waals surface area (Å²) in [6.07, 6.45) is 0.0341. The molecule has 3 aromatic rings. The molecule has 0 aromatic heterocycles. The van der Waals surface area contributed by atoms with Gasteiger partial charge in [0, 0.05) is 22.6 Å². The predicted octanol–water partition coefficient (Wildman–Crippen LogP) is 4.64. The molecular formula is C22H16F2O3. The van der Waals surface area contributed by atoms with Gasteiger partial charge in [-0.1, -0.05) is 42.5 Å². The fraction of sp³-hybridized carbons (Fsp3) is 0.136. The number of phenols is 1. The zero-order valence-electron chi connectivity index (χ0n) is 14.2. The lowest BCUT2D eigenvalue weighted by molar-refractivity contribution is -0.146. The van der Waals surface area contributed by atoms with E-state index in [0.717, 1.165) is 0 Å². The van der Waals surface area contributed by atoms with Gasteiger partial charge in [0.05, 0.1) is 6.42 Å². The first-order valence-corrected chi connectivity index (χ1v) is 8.52. The molecule has 0 radical (unpaired) electrons. The van der Waals surface area contributed by atoms with Crippen LogP contribution in [0.4, 0.5) is 8.78 Å². The highest BCUT2D eigenvalue weighted by molar-refractivity contribution is 5.77. The summed E-state index contributed by atoms with van der Waals surface area (Å²) in [6.45, 7) is 0. The summed E-state index contributed by atoms with van der Waals surface area (Å²) in [6, 6.07) is 18.0. The lowest BCUT2D eigenvalue weighted by atomic mass is 9.73. The first kappa shape index (κ1) is 17.2. The number of hydrogen-bond donors (Lipinski definition) is 1. The fourth-order valence-corrected chi connectivity index (χ4v) is 3.80. The predicted molar refractivity (Wildman–Crippen MR) is 95.1 cm³/mol. The lowest BCUT2D eigenvalue weighted by Crippen LogP contribution is -2.33. The Hall–Kier alpha value is -3.21. The minimum absolute atomic E-state index is 0.0341. The van der Waals surface area contributed by atoms with Crippen LogP contribution >= 0.6 is 0 Å². The summed E-state index contributed by atoms with van der Waals surface area (Å²) in [4.78, 5) is 12.4. The zero-order chi connectivity index (χ0) is 19.0. The van der Waals surface area contributed by atoms with Crippen LogP contribution in [0.1, 0.15) is 29.0 Å². The van der Waals surface area contributed by atoms with Crippen molar-refractivity contribution in [1.29, 1.82) is 0 Å². The van der Waals surface area contributed by atoms with E-state index < -0.39 is 29.1 Å². The van der Waals surface area contributed by atoms with Crippen LogP contribution in [0.2, 0.25) is 0 Å². The van der Waals surface area contributed by atoms with Crippen molar-refractivity contribution in [3.63, 3.8) is 0 Å². The highest BCUT2D eigenvalue weighted by Crippen LogP contribution is 2.53. The van der Waals surface area contributed by atoms with Crippen molar-refractivity contribution >= 4 is 5.97 Å². The molecule has 1 heterocycles. The number of aromatic hydroxyl groups is 1. The number of rotatable bonds is 3. The normalized spacial score (nSPS) is 18.3. The quantitative estimate of drug-likeness (QED) is 0.687. The Morgan fingerprint density at radius 1 is 0.852 bits per heavy atom. The van der Waals surface area contributed by atoms with Crippen LogP contribution in [-0.4, -0.2) is 11.1 Å². The van der Waals surface area contributed by atoms with Gasteiger partial charge in [0.25, 0.3) is 0 Å². The second-order valence-corrected chi connectivity index (χ2v) is 6.54. The molecule has 136 valence electrons. The standard InChI is InChI=1S/C22H16F2O3/c23-16-9-5-14(6-10-16)22(15-7-11-17(24)12-8-15)19(13-21(26)27-22)18-3-1-2-4-20(18)25/h1-12,19,25H,13H2/t19-/m1/s1. The zero-order valence-corrected chi connectivity index (χ0v) is 14.2. The molecule has 5 heteroatoms. The van der Waals surface area contributed by atoms with Gasteiger partial charge in [0.15, 0.2) is 5.60 Å². The van der Waals surface area contributed by atoms with Gasteiger partial charge in [-0.2, -0.15) is 0 Å². The van der Waals surface area contributed by atoms with Crippen molar-refractivity contribution in [3.05, 3.63) is 101 Å². The van der Waals surface area contributed by atoms with Crippen LogP contribution in [0.15, 0.2) is 72.8 Å². The highest BCUT2D eigenvalue weighted by Gasteiger charge is 2.53. The first-order chi connectivity index (χ1) is 13.0. The maximum absolute atomic E-state index is 13.5. The van der Waals surface area contributed by atoms with Gasteiger partial charge >= 0.3 is 5.97 Å². The molecule has 1 N–H and O–H groups in total. The molecule has 0 unspecified atom stereocenters. The third-order valence-corrected chi connectivity index (χ3v) is 4.99. The number of carbonyl (C=O) groups excluding carboxylic acids is 1. The third kappa shape index (κ3) is 2.85. The Kier molecular flexibility index (Phi) is 4.15. The Labute approximate surface area is 154 Å². The number of carbonyl (C=O) groups is 1. The number of ether oxygens (including phenoxy) is 1. The monoisotopic (exact) mass is 366 g/mol. The van der Waals surface area contributed by atoms with Gasteiger partial charge < -0.3 is 9.84 Å². The van der Waals surface area contributed by atoms with E-state index in [9.17, 15) is 18.7 Å². The summed E-state index contributed by atoms with van der Waals surface area (Å²) in [7, 11) is 0. The topological polar surface area (TPSA) is 46.5 Å². The Morgan fingerprint density at radius 2 is 1.37 bits per heavy atom. The van der Waals surface area contributed by atoms with E-state index in [1.165, 1.54) is 30.3 Å². The van der Waals surface area contributed by atoms with E-state index in [1.54, 1.807) is 42.5 Å². The number of cyclic esters (lactones) is 1. The van der Waals surface area contributed by atoms with Crippen LogP contribution < -0.4 is 0 Å². The Bertz CT molecular complexity index is 936. The van der Waals surface area contributed by atoms with Crippen LogP contribution in [0, 0.1) is 11.6 Å². The Balaban J connectivity index is 1.98. The van der Waals surface area contributed by atoms with Crippen molar-refractivity contribution in [1.82, 2.24) is 0 Å². The van der Waals surface area contributed by atoms with Gasteiger partial charge in [-0.25, -0.2) is 8.78 Å². The lowest BCUT2D eigenvalue weighted by Gasteiger charge is -2.35. The van der Waals surface area contributed by atoms with Crippen LogP contribution in [0.25, 0.3) is 0 Å². The molecule has 1 saturated heterocycles. The molecule has 0 amide bonds. The van der Waals surface area contributed by atoms with E-state index in [2.05, 4.69) is 0 Å². The van der Waals surface area contributed by atoms with Crippen molar-refractivity contribution in [2.75, 3.05) is 0 Å². The summed E-state index contributed by atoms with van der Waals surface area (Å²) in [5, 5.41) is 10.4. The molecule has 3 aromatic carbocycles. The van der Waals surface area contributed by atoms with Crippen molar-refractivity contribution in [2.45, 2.75) is 17.9 Å². The second-order valence-electron chi connectivity index (χ2n) is 6.54. The van der Waals surface area contributed by atoms with Gasteiger partial charge in [0.1, 0.15) is 17.4 Å². The van der Waals surface area contributed by atoms with Crippen LogP contribution in [-0.2, 0) is 15.1 Å². The van der Waals surface area contributed by atoms with Crippen LogP contribution in [0.5, 0.6) is 5.75 Å². The molecule has 1 aliphatic heterocycles. The molecule has 0 aliphatic carbocycles. The summed E-state index contributed by atoms with van der Waals surface area (Å²) >= 11 is 0. The van der Waals surface area contributed by atoms with E-state index in [1.807, 2.05) is 0 Å². The largest absolute Gasteiger partial charge is 0.508 e. The molecule has 4 rings (SSSR count). The SMILES string of the molecule is O=C1C[C@H](c2ccccc2O)C(c2ccc(F)cc2)(c2ccc(F)cc2)O1. The second kappa shape index (κ2) is 6.50. The number of benzene rings is 3. The summed E-state index contributed by atoms with van der Waals surface area (Å²) in [5.41, 5.74) is 0.346. The van der Waals surface area contributed by atoms with Crippen molar-refractivity contribution in [3.8, 4) is 5.75 Å². The van der Waals surface area contributed by atoms with Crippen LogP contribution in [0.3, 0.4) is 0 Å². The van der Waals surface area contributed by atoms with Gasteiger partial charge in [-0.3, -0.25) is 4.79 Å². The number of hydrogen-bond acceptors (Lipinski definition) is 3. The Morgan fingerprint density at radius 3 is 1.89 bits per heavy atom. The first-order valence-electron chi connectivity index (χ1n) is 8.52. The minimum atomic E-state index is -1.29. The fourth-order valence-electron chi connectivity index (χ4n) is 3.80. The van der Waals surface area contributed by atoms with E-state index in [-0.39, 0.29) is 12.2 Å². The van der Waals surface area contributed by atoms with Gasteiger partial charge in [0.2, 0.25) is 0 Å². The number of phenolic OH excluding ortho intramolecular Hbond substituents is 1. The van der Waals surface area contributed by atoms with Crippen molar-refractivity contribution in [2.24, 2.45) is 0 Å². The average Bonchev–Trinajstić information content (AvgIpc) is 3.01. The summed E-state index contributed by atoms with van der Waals surface area (Å²) in [5.74, 6) is -1.80. The number of para-hydroxylation sites is 1. The average molecular weight is 366 g/mol.